The van der Waals surface area contributed by atoms with E-state index in [0.717, 1.165) is 25.7 Å². The number of nitrogens with zero attached hydrogens (tertiary/aromatic N) is 1. The summed E-state index contributed by atoms with van der Waals surface area (Å²) in [5, 5.41) is -0.102. The minimum atomic E-state index is -1.68. The molecule has 1 aliphatic heterocycles. The Bertz CT molecular complexity index is 242. The second-order valence-corrected chi connectivity index (χ2v) is 5.06. The van der Waals surface area contributed by atoms with Crippen LogP contribution in [0.4, 0.5) is 0 Å². The van der Waals surface area contributed by atoms with E-state index in [1.807, 2.05) is 6.21 Å². The normalized spacial score (nSPS) is 41.2. The van der Waals surface area contributed by atoms with Crippen LogP contribution in [0.2, 0.25) is 0 Å². The molecule has 0 aromatic heterocycles. The van der Waals surface area contributed by atoms with Crippen LogP contribution >= 0.6 is 0 Å². The standard InChI is InChI=1S/C9H15NO2S/c11-13(12)8-5-1-3-7-4-2-6-10-9(7)8/h6-9H,1-5H2,(H,11,12)/t7?,8?,9-/m1/s1. The van der Waals surface area contributed by atoms with Crippen molar-refractivity contribution in [3.63, 3.8) is 0 Å². The summed E-state index contributed by atoms with van der Waals surface area (Å²) in [4.78, 5) is 4.38. The molecular weight excluding hydrogens is 186 g/mol. The van der Waals surface area contributed by atoms with Crippen LogP contribution in [0.1, 0.15) is 32.1 Å². The molecule has 4 atom stereocenters. The molecule has 0 aromatic carbocycles. The van der Waals surface area contributed by atoms with E-state index in [0.29, 0.717) is 5.92 Å². The van der Waals surface area contributed by atoms with Gasteiger partial charge in [-0.3, -0.25) is 4.99 Å². The zero-order valence-corrected chi connectivity index (χ0v) is 8.37. The van der Waals surface area contributed by atoms with E-state index >= 15 is 0 Å². The molecule has 2 rings (SSSR count). The lowest BCUT2D eigenvalue weighted by Gasteiger charge is -2.35. The molecule has 0 bridgehead atoms. The Kier molecular flexibility index (Phi) is 2.79. The summed E-state index contributed by atoms with van der Waals surface area (Å²) < 4.78 is 20.2. The van der Waals surface area contributed by atoms with Crippen molar-refractivity contribution in [1.82, 2.24) is 0 Å². The number of fused-ring (bicyclic) bond motifs is 1. The van der Waals surface area contributed by atoms with Crippen molar-refractivity contribution in [3.8, 4) is 0 Å². The topological polar surface area (TPSA) is 49.7 Å². The molecule has 3 nitrogen and oxygen atoms in total. The summed E-state index contributed by atoms with van der Waals surface area (Å²) in [5.74, 6) is 0.569. The van der Waals surface area contributed by atoms with Crippen molar-refractivity contribution in [2.24, 2.45) is 10.9 Å². The Hall–Kier alpha value is -0.220. The molecule has 0 saturated heterocycles. The highest BCUT2D eigenvalue weighted by Gasteiger charge is 2.36. The predicted molar refractivity (Wildman–Crippen MR) is 53.4 cm³/mol. The van der Waals surface area contributed by atoms with Crippen LogP contribution in [-0.4, -0.2) is 26.3 Å². The molecule has 1 N–H and O–H groups in total. The Morgan fingerprint density at radius 1 is 1.38 bits per heavy atom. The number of aliphatic imine (C=N–C) groups is 1. The summed E-state index contributed by atoms with van der Waals surface area (Å²) in [7, 11) is 0. The fourth-order valence-electron chi connectivity index (χ4n) is 2.46. The number of hydrogen-bond donors (Lipinski definition) is 1. The van der Waals surface area contributed by atoms with Crippen molar-refractivity contribution >= 4 is 17.3 Å². The van der Waals surface area contributed by atoms with Crippen LogP contribution in [0.3, 0.4) is 0 Å². The first-order valence-electron chi connectivity index (χ1n) is 4.90. The van der Waals surface area contributed by atoms with E-state index in [1.54, 1.807) is 0 Å². The lowest BCUT2D eigenvalue weighted by molar-refractivity contribution is 0.287. The van der Waals surface area contributed by atoms with Gasteiger partial charge in [-0.1, -0.05) is 6.42 Å². The van der Waals surface area contributed by atoms with Gasteiger partial charge in [-0.15, -0.1) is 0 Å². The van der Waals surface area contributed by atoms with Gasteiger partial charge in [0.15, 0.2) is 11.1 Å². The van der Waals surface area contributed by atoms with Crippen LogP contribution in [0.15, 0.2) is 4.99 Å². The maximum Gasteiger partial charge on any atom is 0.158 e. The fraction of sp³-hybridized carbons (Fsp3) is 0.889. The summed E-state index contributed by atoms with van der Waals surface area (Å²) in [6.07, 6.45) is 7.27. The van der Waals surface area contributed by atoms with Crippen molar-refractivity contribution in [2.45, 2.75) is 43.4 Å². The van der Waals surface area contributed by atoms with E-state index in [2.05, 4.69) is 4.99 Å². The van der Waals surface area contributed by atoms with E-state index in [9.17, 15) is 4.21 Å². The first kappa shape index (κ1) is 9.34. The number of hydrogen-bond acceptors (Lipinski definition) is 2. The third-order valence-electron chi connectivity index (χ3n) is 3.13. The molecule has 0 aromatic rings. The third kappa shape index (κ3) is 1.83. The molecule has 1 aliphatic carbocycles. The average Bonchev–Trinajstić information content (AvgIpc) is 2.17. The molecular formula is C9H15NO2S. The van der Waals surface area contributed by atoms with Crippen LogP contribution in [0.5, 0.6) is 0 Å². The largest absolute Gasteiger partial charge is 0.306 e. The van der Waals surface area contributed by atoms with Crippen LogP contribution < -0.4 is 0 Å². The molecule has 4 heteroatoms. The van der Waals surface area contributed by atoms with Gasteiger partial charge in [0.05, 0.1) is 11.3 Å². The molecule has 13 heavy (non-hydrogen) atoms. The molecule has 1 heterocycles. The van der Waals surface area contributed by atoms with Gasteiger partial charge in [-0.05, 0) is 37.8 Å². The van der Waals surface area contributed by atoms with Gasteiger partial charge in [0.1, 0.15) is 0 Å². The Morgan fingerprint density at radius 2 is 2.23 bits per heavy atom. The van der Waals surface area contributed by atoms with Crippen molar-refractivity contribution in [3.05, 3.63) is 0 Å². The molecule has 74 valence electrons. The van der Waals surface area contributed by atoms with Crippen molar-refractivity contribution < 1.29 is 8.76 Å². The van der Waals surface area contributed by atoms with Gasteiger partial charge in [0.25, 0.3) is 0 Å². The monoisotopic (exact) mass is 201 g/mol. The maximum absolute atomic E-state index is 11.0. The van der Waals surface area contributed by atoms with E-state index in [-0.39, 0.29) is 11.3 Å². The van der Waals surface area contributed by atoms with Crippen LogP contribution in [-0.2, 0) is 11.1 Å². The molecule has 1 saturated carbocycles. The molecule has 2 aliphatic rings. The predicted octanol–water partition coefficient (Wildman–Crippen LogP) is 1.61. The minimum Gasteiger partial charge on any atom is -0.306 e. The minimum absolute atomic E-state index is 0.102. The second kappa shape index (κ2) is 3.88. The second-order valence-electron chi connectivity index (χ2n) is 3.91. The van der Waals surface area contributed by atoms with E-state index < -0.39 is 11.1 Å². The fourth-order valence-corrected chi connectivity index (χ4v) is 3.36. The van der Waals surface area contributed by atoms with Gasteiger partial charge in [0, 0.05) is 0 Å². The Morgan fingerprint density at radius 3 is 3.00 bits per heavy atom. The Balaban J connectivity index is 2.15. The van der Waals surface area contributed by atoms with Crippen molar-refractivity contribution in [1.29, 1.82) is 0 Å². The van der Waals surface area contributed by atoms with Gasteiger partial charge in [-0.2, -0.15) is 0 Å². The quantitative estimate of drug-likeness (QED) is 0.655. The highest BCUT2D eigenvalue weighted by Crippen LogP contribution is 2.34. The van der Waals surface area contributed by atoms with Gasteiger partial charge >= 0.3 is 0 Å². The summed E-state index contributed by atoms with van der Waals surface area (Å²) >= 11 is -1.68. The smallest absolute Gasteiger partial charge is 0.158 e. The maximum atomic E-state index is 11.0. The molecule has 1 fully saturated rings. The molecule has 0 amide bonds. The van der Waals surface area contributed by atoms with Gasteiger partial charge in [-0.25, -0.2) is 4.21 Å². The van der Waals surface area contributed by atoms with Gasteiger partial charge < -0.3 is 4.55 Å². The molecule has 3 unspecified atom stereocenters. The SMILES string of the molecule is O=S(O)C1CCCC2CCC=N[C@H]21. The van der Waals surface area contributed by atoms with Crippen molar-refractivity contribution in [2.75, 3.05) is 0 Å². The zero-order chi connectivity index (χ0) is 9.26. The van der Waals surface area contributed by atoms with E-state index in [1.165, 1.54) is 6.42 Å². The average molecular weight is 201 g/mol. The van der Waals surface area contributed by atoms with Crippen LogP contribution in [0, 0.1) is 5.92 Å². The first-order chi connectivity index (χ1) is 6.29. The van der Waals surface area contributed by atoms with Crippen LogP contribution in [0.25, 0.3) is 0 Å². The summed E-state index contributed by atoms with van der Waals surface area (Å²) in [6.45, 7) is 0. The first-order valence-corrected chi connectivity index (χ1v) is 6.07. The highest BCUT2D eigenvalue weighted by molar-refractivity contribution is 7.80. The molecule has 0 spiro atoms. The third-order valence-corrected chi connectivity index (χ3v) is 4.16. The Labute approximate surface area is 80.9 Å². The number of rotatable bonds is 1. The highest BCUT2D eigenvalue weighted by atomic mass is 32.2. The van der Waals surface area contributed by atoms with Gasteiger partial charge in [0.2, 0.25) is 0 Å². The lowest BCUT2D eigenvalue weighted by atomic mass is 9.80. The molecule has 0 radical (unpaired) electrons. The zero-order valence-electron chi connectivity index (χ0n) is 7.56. The summed E-state index contributed by atoms with van der Waals surface area (Å²) in [5.41, 5.74) is 0. The lowest BCUT2D eigenvalue weighted by Crippen LogP contribution is -2.40. The summed E-state index contributed by atoms with van der Waals surface area (Å²) in [6, 6.07) is 0.133. The van der Waals surface area contributed by atoms with E-state index in [4.69, 9.17) is 4.55 Å².